The van der Waals surface area contributed by atoms with Gasteiger partial charge in [0.25, 0.3) is 0 Å². The Morgan fingerprint density at radius 2 is 2.19 bits per heavy atom. The summed E-state index contributed by atoms with van der Waals surface area (Å²) in [6.45, 7) is 3.11. The van der Waals surface area contributed by atoms with Crippen molar-refractivity contribution in [3.05, 3.63) is 24.3 Å². The zero-order valence-electron chi connectivity index (χ0n) is 12.0. The summed E-state index contributed by atoms with van der Waals surface area (Å²) in [5.41, 5.74) is 0.611. The summed E-state index contributed by atoms with van der Waals surface area (Å²) in [7, 11) is 0. The first-order valence-electron chi connectivity index (χ1n) is 7.11. The van der Waals surface area contributed by atoms with E-state index in [1.54, 1.807) is 28.0 Å². The Hall–Kier alpha value is -2.24. The number of phenolic OH excluding ortho intramolecular Hbond substituents is 1. The summed E-state index contributed by atoms with van der Waals surface area (Å²) in [6, 6.07) is 6.29. The number of hydrogen-bond donors (Lipinski definition) is 2. The van der Waals surface area contributed by atoms with Crippen LogP contribution in [0.3, 0.4) is 0 Å². The van der Waals surface area contributed by atoms with Crippen molar-refractivity contribution >= 4 is 17.7 Å². The van der Waals surface area contributed by atoms with E-state index in [2.05, 4.69) is 0 Å². The second kappa shape index (κ2) is 6.47. The van der Waals surface area contributed by atoms with Gasteiger partial charge in [0.2, 0.25) is 0 Å². The highest BCUT2D eigenvalue weighted by atomic mass is 16.4. The number of urea groups is 1. The molecule has 0 unspecified atom stereocenters. The van der Waals surface area contributed by atoms with E-state index < -0.39 is 11.9 Å². The van der Waals surface area contributed by atoms with Crippen molar-refractivity contribution in [2.45, 2.75) is 19.8 Å². The summed E-state index contributed by atoms with van der Waals surface area (Å²) < 4.78 is 0. The number of piperidine rings is 1. The molecule has 1 aliphatic heterocycles. The molecule has 6 heteroatoms. The number of phenols is 1. The Labute approximate surface area is 123 Å². The number of aliphatic carboxylic acids is 1. The fraction of sp³-hybridized carbons (Fsp3) is 0.467. The second-order valence-electron chi connectivity index (χ2n) is 5.17. The molecule has 21 heavy (non-hydrogen) atoms. The molecule has 0 radical (unpaired) electrons. The second-order valence-corrected chi connectivity index (χ2v) is 5.17. The predicted molar refractivity (Wildman–Crippen MR) is 78.5 cm³/mol. The SMILES string of the molecule is CCN(C(=O)N1CCC[C@@H](C(=O)O)C1)c1cccc(O)c1. The van der Waals surface area contributed by atoms with Crippen LogP contribution in [0.15, 0.2) is 24.3 Å². The smallest absolute Gasteiger partial charge is 0.324 e. The highest BCUT2D eigenvalue weighted by molar-refractivity contribution is 5.92. The minimum atomic E-state index is -0.854. The van der Waals surface area contributed by atoms with Crippen LogP contribution in [0.1, 0.15) is 19.8 Å². The zero-order chi connectivity index (χ0) is 15.4. The molecule has 1 aliphatic rings. The van der Waals surface area contributed by atoms with Crippen molar-refractivity contribution in [1.82, 2.24) is 4.90 Å². The molecular formula is C15H20N2O4. The molecule has 0 spiro atoms. The van der Waals surface area contributed by atoms with Gasteiger partial charge >= 0.3 is 12.0 Å². The largest absolute Gasteiger partial charge is 0.508 e. The number of anilines is 1. The highest BCUT2D eigenvalue weighted by Crippen LogP contribution is 2.23. The van der Waals surface area contributed by atoms with Crippen LogP contribution in [-0.2, 0) is 4.79 Å². The number of hydrogen-bond acceptors (Lipinski definition) is 3. The molecule has 0 bridgehead atoms. The standard InChI is InChI=1S/C15H20N2O4/c1-2-17(12-6-3-7-13(18)9-12)15(21)16-8-4-5-11(10-16)14(19)20/h3,6-7,9,11,18H,2,4-5,8,10H2,1H3,(H,19,20)/t11-/m1/s1. The number of rotatable bonds is 3. The summed E-state index contributed by atoms with van der Waals surface area (Å²) in [5.74, 6) is -1.25. The lowest BCUT2D eigenvalue weighted by atomic mass is 9.98. The maximum absolute atomic E-state index is 12.6. The Morgan fingerprint density at radius 1 is 1.43 bits per heavy atom. The van der Waals surface area contributed by atoms with Gasteiger partial charge in [0.1, 0.15) is 5.75 Å². The van der Waals surface area contributed by atoms with Gasteiger partial charge in [-0.2, -0.15) is 0 Å². The number of carbonyl (C=O) groups excluding carboxylic acids is 1. The van der Waals surface area contributed by atoms with E-state index >= 15 is 0 Å². The molecule has 2 amide bonds. The Kier molecular flexibility index (Phi) is 4.67. The van der Waals surface area contributed by atoms with Crippen LogP contribution < -0.4 is 4.90 Å². The number of carbonyl (C=O) groups is 2. The molecule has 1 aromatic carbocycles. The molecule has 114 valence electrons. The van der Waals surface area contributed by atoms with Gasteiger partial charge in [0.05, 0.1) is 5.92 Å². The van der Waals surface area contributed by atoms with Gasteiger partial charge in [-0.1, -0.05) is 6.07 Å². The van der Waals surface area contributed by atoms with Gasteiger partial charge in [0, 0.05) is 31.4 Å². The van der Waals surface area contributed by atoms with Crippen LogP contribution in [0.5, 0.6) is 5.75 Å². The molecule has 1 saturated heterocycles. The lowest BCUT2D eigenvalue weighted by Crippen LogP contribution is -2.49. The molecule has 1 heterocycles. The molecule has 6 nitrogen and oxygen atoms in total. The average Bonchev–Trinajstić information content (AvgIpc) is 2.48. The van der Waals surface area contributed by atoms with Gasteiger partial charge in [-0.05, 0) is 31.9 Å². The van der Waals surface area contributed by atoms with E-state index in [0.717, 1.165) is 0 Å². The molecule has 1 fully saturated rings. The van der Waals surface area contributed by atoms with E-state index in [0.29, 0.717) is 31.6 Å². The molecular weight excluding hydrogens is 272 g/mol. The molecule has 2 rings (SSSR count). The van der Waals surface area contributed by atoms with E-state index in [1.807, 2.05) is 6.92 Å². The highest BCUT2D eigenvalue weighted by Gasteiger charge is 2.30. The normalized spacial score (nSPS) is 18.3. The average molecular weight is 292 g/mol. The minimum Gasteiger partial charge on any atom is -0.508 e. The van der Waals surface area contributed by atoms with Crippen LogP contribution >= 0.6 is 0 Å². The number of benzene rings is 1. The van der Waals surface area contributed by atoms with E-state index in [1.165, 1.54) is 6.07 Å². The van der Waals surface area contributed by atoms with Crippen molar-refractivity contribution in [3.63, 3.8) is 0 Å². The first-order valence-corrected chi connectivity index (χ1v) is 7.11. The fourth-order valence-electron chi connectivity index (χ4n) is 2.61. The summed E-state index contributed by atoms with van der Waals surface area (Å²) >= 11 is 0. The number of aromatic hydroxyl groups is 1. The van der Waals surface area contributed by atoms with Gasteiger partial charge in [0.15, 0.2) is 0 Å². The lowest BCUT2D eigenvalue weighted by molar-refractivity contribution is -0.143. The topological polar surface area (TPSA) is 81.1 Å². The third kappa shape index (κ3) is 3.45. The zero-order valence-corrected chi connectivity index (χ0v) is 12.0. The first kappa shape index (κ1) is 15.2. The van der Waals surface area contributed by atoms with Gasteiger partial charge in [-0.3, -0.25) is 9.69 Å². The van der Waals surface area contributed by atoms with Crippen molar-refractivity contribution in [2.75, 3.05) is 24.5 Å². The molecule has 1 aromatic rings. The molecule has 0 aromatic heterocycles. The van der Waals surface area contributed by atoms with Crippen LogP contribution in [0.4, 0.5) is 10.5 Å². The van der Waals surface area contributed by atoms with E-state index in [4.69, 9.17) is 5.11 Å². The Morgan fingerprint density at radius 3 is 2.81 bits per heavy atom. The molecule has 0 aliphatic carbocycles. The Bertz CT molecular complexity index is 532. The van der Waals surface area contributed by atoms with Crippen LogP contribution in [0.2, 0.25) is 0 Å². The third-order valence-corrected chi connectivity index (χ3v) is 3.73. The molecule has 2 N–H and O–H groups in total. The fourth-order valence-corrected chi connectivity index (χ4v) is 2.61. The van der Waals surface area contributed by atoms with Gasteiger partial charge < -0.3 is 15.1 Å². The summed E-state index contributed by atoms with van der Waals surface area (Å²) in [4.78, 5) is 26.8. The summed E-state index contributed by atoms with van der Waals surface area (Å²) in [6.07, 6.45) is 1.30. The summed E-state index contributed by atoms with van der Waals surface area (Å²) in [5, 5.41) is 18.6. The number of carboxylic acid groups (broad SMARTS) is 1. The third-order valence-electron chi connectivity index (χ3n) is 3.73. The van der Waals surface area contributed by atoms with Crippen LogP contribution in [0, 0.1) is 5.92 Å². The number of carboxylic acids is 1. The first-order chi connectivity index (χ1) is 10.0. The Balaban J connectivity index is 2.14. The number of nitrogens with zero attached hydrogens (tertiary/aromatic N) is 2. The minimum absolute atomic E-state index is 0.0980. The predicted octanol–water partition coefficient (Wildman–Crippen LogP) is 2.14. The van der Waals surface area contributed by atoms with Crippen molar-refractivity contribution < 1.29 is 19.8 Å². The van der Waals surface area contributed by atoms with Gasteiger partial charge in [-0.15, -0.1) is 0 Å². The number of likely N-dealkylation sites (tertiary alicyclic amines) is 1. The maximum Gasteiger partial charge on any atom is 0.324 e. The van der Waals surface area contributed by atoms with Crippen molar-refractivity contribution in [2.24, 2.45) is 5.92 Å². The van der Waals surface area contributed by atoms with Crippen molar-refractivity contribution in [1.29, 1.82) is 0 Å². The van der Waals surface area contributed by atoms with Crippen LogP contribution in [-0.4, -0.2) is 46.7 Å². The quantitative estimate of drug-likeness (QED) is 0.894. The van der Waals surface area contributed by atoms with E-state index in [9.17, 15) is 14.7 Å². The van der Waals surface area contributed by atoms with E-state index in [-0.39, 0.29) is 18.3 Å². The monoisotopic (exact) mass is 292 g/mol. The van der Waals surface area contributed by atoms with Crippen molar-refractivity contribution in [3.8, 4) is 5.75 Å². The number of amides is 2. The van der Waals surface area contributed by atoms with Crippen LogP contribution in [0.25, 0.3) is 0 Å². The molecule has 0 saturated carbocycles. The van der Waals surface area contributed by atoms with Gasteiger partial charge in [-0.25, -0.2) is 4.79 Å². The molecule has 1 atom stereocenters. The maximum atomic E-state index is 12.6. The lowest BCUT2D eigenvalue weighted by Gasteiger charge is -2.34.